The van der Waals surface area contributed by atoms with Crippen LogP contribution in [0.2, 0.25) is 0 Å². The highest BCUT2D eigenvalue weighted by molar-refractivity contribution is 5.80. The molecule has 88 valence electrons. The van der Waals surface area contributed by atoms with Crippen LogP contribution in [0.3, 0.4) is 0 Å². The van der Waals surface area contributed by atoms with Crippen molar-refractivity contribution in [2.75, 3.05) is 13.1 Å². The lowest BCUT2D eigenvalue weighted by Crippen LogP contribution is -2.40. The van der Waals surface area contributed by atoms with Crippen LogP contribution in [0, 0.1) is 0 Å². The summed E-state index contributed by atoms with van der Waals surface area (Å²) >= 11 is 0. The molecule has 1 atom stereocenters. The Bertz CT molecular complexity index is 320. The van der Waals surface area contributed by atoms with Gasteiger partial charge in [-0.2, -0.15) is 0 Å². The first-order chi connectivity index (χ1) is 7.69. The molecule has 3 heteroatoms. The van der Waals surface area contributed by atoms with Crippen molar-refractivity contribution in [3.63, 3.8) is 0 Å². The summed E-state index contributed by atoms with van der Waals surface area (Å²) in [5, 5.41) is 0. The van der Waals surface area contributed by atoms with Crippen LogP contribution < -0.4 is 4.74 Å². The van der Waals surface area contributed by atoms with Crippen molar-refractivity contribution in [1.82, 2.24) is 4.90 Å². The van der Waals surface area contributed by atoms with Gasteiger partial charge in [0.2, 0.25) is 0 Å². The molecule has 0 fully saturated rings. The van der Waals surface area contributed by atoms with Gasteiger partial charge in [-0.25, -0.2) is 0 Å². The van der Waals surface area contributed by atoms with E-state index < -0.39 is 6.10 Å². The SMILES string of the molecule is CCN(CC)C(=O)C(C)Oc1ccccc1. The average Bonchev–Trinajstić information content (AvgIpc) is 2.31. The topological polar surface area (TPSA) is 29.5 Å². The largest absolute Gasteiger partial charge is 0.481 e. The van der Waals surface area contributed by atoms with Crippen molar-refractivity contribution in [3.05, 3.63) is 30.3 Å². The fraction of sp³-hybridized carbons (Fsp3) is 0.462. The molecule has 0 spiro atoms. The van der Waals surface area contributed by atoms with E-state index in [2.05, 4.69) is 0 Å². The minimum absolute atomic E-state index is 0.0360. The van der Waals surface area contributed by atoms with Gasteiger partial charge in [0.15, 0.2) is 6.10 Å². The molecular formula is C13H19NO2. The zero-order valence-corrected chi connectivity index (χ0v) is 10.1. The first-order valence-corrected chi connectivity index (χ1v) is 5.69. The fourth-order valence-electron chi connectivity index (χ4n) is 1.55. The summed E-state index contributed by atoms with van der Waals surface area (Å²) in [5.74, 6) is 0.768. The first kappa shape index (κ1) is 12.6. The van der Waals surface area contributed by atoms with Gasteiger partial charge in [-0.3, -0.25) is 4.79 Å². The van der Waals surface area contributed by atoms with Crippen LogP contribution in [0.25, 0.3) is 0 Å². The summed E-state index contributed by atoms with van der Waals surface area (Å²) in [4.78, 5) is 13.7. The Labute approximate surface area is 97.0 Å². The van der Waals surface area contributed by atoms with E-state index in [1.54, 1.807) is 11.8 Å². The quantitative estimate of drug-likeness (QED) is 0.763. The van der Waals surface area contributed by atoms with Gasteiger partial charge in [-0.15, -0.1) is 0 Å². The van der Waals surface area contributed by atoms with Gasteiger partial charge >= 0.3 is 0 Å². The summed E-state index contributed by atoms with van der Waals surface area (Å²) in [6, 6.07) is 9.41. The second-order valence-electron chi connectivity index (χ2n) is 3.58. The van der Waals surface area contributed by atoms with Crippen molar-refractivity contribution in [2.45, 2.75) is 26.9 Å². The number of rotatable bonds is 5. The lowest BCUT2D eigenvalue weighted by atomic mass is 10.3. The Morgan fingerprint density at radius 3 is 2.31 bits per heavy atom. The van der Waals surface area contributed by atoms with Gasteiger partial charge in [0.25, 0.3) is 5.91 Å². The maximum atomic E-state index is 11.9. The predicted molar refractivity (Wildman–Crippen MR) is 64.5 cm³/mol. The Morgan fingerprint density at radius 2 is 1.81 bits per heavy atom. The van der Waals surface area contributed by atoms with Crippen molar-refractivity contribution in [2.24, 2.45) is 0 Å². The van der Waals surface area contributed by atoms with Crippen LogP contribution in [0.4, 0.5) is 0 Å². The molecule has 3 nitrogen and oxygen atoms in total. The molecule has 16 heavy (non-hydrogen) atoms. The van der Waals surface area contributed by atoms with Crippen molar-refractivity contribution in [1.29, 1.82) is 0 Å². The molecule has 0 aliphatic heterocycles. The molecule has 1 aromatic carbocycles. The van der Waals surface area contributed by atoms with E-state index >= 15 is 0 Å². The molecule has 0 aromatic heterocycles. The smallest absolute Gasteiger partial charge is 0.263 e. The monoisotopic (exact) mass is 221 g/mol. The Morgan fingerprint density at radius 1 is 1.25 bits per heavy atom. The molecule has 0 saturated heterocycles. The zero-order valence-electron chi connectivity index (χ0n) is 10.1. The van der Waals surface area contributed by atoms with Crippen LogP contribution >= 0.6 is 0 Å². The normalized spacial score (nSPS) is 11.9. The third-order valence-electron chi connectivity index (χ3n) is 2.48. The molecule has 0 aliphatic carbocycles. The number of nitrogens with zero attached hydrogens (tertiary/aromatic N) is 1. The number of carbonyl (C=O) groups excluding carboxylic acids is 1. The van der Waals surface area contributed by atoms with Crippen LogP contribution in [0.15, 0.2) is 30.3 Å². The molecule has 0 N–H and O–H groups in total. The van der Waals surface area contributed by atoms with Gasteiger partial charge in [0.1, 0.15) is 5.75 Å². The number of para-hydroxylation sites is 1. The Hall–Kier alpha value is -1.51. The van der Waals surface area contributed by atoms with Crippen LogP contribution in [0.5, 0.6) is 5.75 Å². The Kier molecular flexibility index (Phi) is 4.83. The predicted octanol–water partition coefficient (Wildman–Crippen LogP) is 2.32. The lowest BCUT2D eigenvalue weighted by Gasteiger charge is -2.23. The summed E-state index contributed by atoms with van der Waals surface area (Å²) in [7, 11) is 0. The second kappa shape index (κ2) is 6.16. The van der Waals surface area contributed by atoms with E-state index in [4.69, 9.17) is 4.74 Å². The molecular weight excluding hydrogens is 202 g/mol. The summed E-state index contributed by atoms with van der Waals surface area (Å²) in [6.45, 7) is 7.16. The number of amides is 1. The maximum absolute atomic E-state index is 11.9. The number of carbonyl (C=O) groups is 1. The van der Waals surface area contributed by atoms with Gasteiger partial charge < -0.3 is 9.64 Å². The van der Waals surface area contributed by atoms with Crippen molar-refractivity contribution in [3.8, 4) is 5.75 Å². The van der Waals surface area contributed by atoms with Crippen molar-refractivity contribution < 1.29 is 9.53 Å². The minimum atomic E-state index is -0.428. The standard InChI is InChI=1S/C13H19NO2/c1-4-14(5-2)13(15)11(3)16-12-9-7-6-8-10-12/h6-11H,4-5H2,1-3H3. The van der Waals surface area contributed by atoms with Gasteiger partial charge in [0, 0.05) is 13.1 Å². The molecule has 0 heterocycles. The highest BCUT2D eigenvalue weighted by Gasteiger charge is 2.19. The molecule has 1 aromatic rings. The average molecular weight is 221 g/mol. The van der Waals surface area contributed by atoms with Crippen LogP contribution in [0.1, 0.15) is 20.8 Å². The van der Waals surface area contributed by atoms with E-state index in [9.17, 15) is 4.79 Å². The number of hydrogen-bond donors (Lipinski definition) is 0. The highest BCUT2D eigenvalue weighted by Crippen LogP contribution is 2.11. The van der Waals surface area contributed by atoms with Crippen molar-refractivity contribution >= 4 is 5.91 Å². The maximum Gasteiger partial charge on any atom is 0.263 e. The number of hydrogen-bond acceptors (Lipinski definition) is 2. The molecule has 0 radical (unpaired) electrons. The van der Waals surface area contributed by atoms with E-state index in [-0.39, 0.29) is 5.91 Å². The van der Waals surface area contributed by atoms with Gasteiger partial charge in [0.05, 0.1) is 0 Å². The first-order valence-electron chi connectivity index (χ1n) is 5.69. The second-order valence-corrected chi connectivity index (χ2v) is 3.58. The summed E-state index contributed by atoms with van der Waals surface area (Å²) in [5.41, 5.74) is 0. The molecule has 1 rings (SSSR count). The molecule has 0 bridgehead atoms. The molecule has 1 unspecified atom stereocenters. The number of ether oxygens (including phenoxy) is 1. The summed E-state index contributed by atoms with van der Waals surface area (Å²) < 4.78 is 5.57. The minimum Gasteiger partial charge on any atom is -0.481 e. The lowest BCUT2D eigenvalue weighted by molar-refractivity contribution is -0.137. The summed E-state index contributed by atoms with van der Waals surface area (Å²) in [6.07, 6.45) is -0.428. The van der Waals surface area contributed by atoms with E-state index in [0.717, 1.165) is 18.8 Å². The van der Waals surface area contributed by atoms with Gasteiger partial charge in [-0.05, 0) is 32.9 Å². The molecule has 0 aliphatic rings. The van der Waals surface area contributed by atoms with E-state index in [0.29, 0.717) is 0 Å². The third-order valence-corrected chi connectivity index (χ3v) is 2.48. The third kappa shape index (κ3) is 3.26. The van der Waals surface area contributed by atoms with E-state index in [1.165, 1.54) is 0 Å². The van der Waals surface area contributed by atoms with Gasteiger partial charge in [-0.1, -0.05) is 18.2 Å². The fourth-order valence-corrected chi connectivity index (χ4v) is 1.55. The van der Waals surface area contributed by atoms with Crippen LogP contribution in [-0.2, 0) is 4.79 Å². The Balaban J connectivity index is 2.58. The zero-order chi connectivity index (χ0) is 12.0. The number of benzene rings is 1. The van der Waals surface area contributed by atoms with E-state index in [1.807, 2.05) is 44.2 Å². The number of likely N-dealkylation sites (N-methyl/N-ethyl adjacent to an activating group) is 1. The van der Waals surface area contributed by atoms with Crippen LogP contribution in [-0.4, -0.2) is 30.0 Å². The molecule has 1 amide bonds. The molecule has 0 saturated carbocycles. The highest BCUT2D eigenvalue weighted by atomic mass is 16.5.